The van der Waals surface area contributed by atoms with Crippen LogP contribution in [0.4, 0.5) is 5.69 Å². The third-order valence-electron chi connectivity index (χ3n) is 6.35. The van der Waals surface area contributed by atoms with E-state index in [4.69, 9.17) is 18.9 Å². The van der Waals surface area contributed by atoms with Crippen LogP contribution in [-0.4, -0.2) is 46.4 Å². The lowest BCUT2D eigenvalue weighted by molar-refractivity contribution is -0.384. The lowest BCUT2D eigenvalue weighted by atomic mass is 10.1. The van der Waals surface area contributed by atoms with Crippen LogP contribution in [0.25, 0.3) is 24.3 Å². The first-order valence-corrected chi connectivity index (χ1v) is 14.8. The average Bonchev–Trinajstić information content (AvgIpc) is 3.06. The quantitative estimate of drug-likeness (QED) is 0.0687. The molecule has 0 aliphatic rings. The molecule has 0 spiro atoms. The minimum Gasteiger partial charge on any atom is -0.496 e. The molecule has 0 aromatic heterocycles. The number of carbonyl (C=O) groups is 1. The van der Waals surface area contributed by atoms with Gasteiger partial charge in [-0.25, -0.2) is 4.79 Å². The molecule has 0 aliphatic heterocycles. The Balaban J connectivity index is 0.000000246. The first-order valence-electron chi connectivity index (χ1n) is 13.3. The van der Waals surface area contributed by atoms with Crippen LogP contribution >= 0.6 is 31.9 Å². The highest BCUT2D eigenvalue weighted by Crippen LogP contribution is 2.35. The van der Waals surface area contributed by atoms with Crippen LogP contribution < -0.4 is 18.9 Å². The normalized spacial score (nSPS) is 10.6. The second-order valence-corrected chi connectivity index (χ2v) is 10.8. The fourth-order valence-corrected chi connectivity index (χ4v) is 5.00. The molecule has 4 aromatic carbocycles. The Hall–Kier alpha value is -4.61. The summed E-state index contributed by atoms with van der Waals surface area (Å²) in [6.07, 6.45) is 7.62. The lowest BCUT2D eigenvalue weighted by Crippen LogP contribution is -2.00. The number of nitro groups is 1. The zero-order chi connectivity index (χ0) is 32.9. The second kappa shape index (κ2) is 17.0. The molecule has 0 heterocycles. The fourth-order valence-electron chi connectivity index (χ4n) is 3.95. The van der Waals surface area contributed by atoms with Crippen molar-refractivity contribution in [1.29, 1.82) is 0 Å². The summed E-state index contributed by atoms with van der Waals surface area (Å²) in [7, 11) is 7.77. The Morgan fingerprint density at radius 3 is 1.38 bits per heavy atom. The topological polar surface area (TPSA) is 106 Å². The molecule has 0 bridgehead atoms. The van der Waals surface area contributed by atoms with Crippen LogP contribution in [0.2, 0.25) is 0 Å². The van der Waals surface area contributed by atoms with E-state index >= 15 is 0 Å². The zero-order valence-electron chi connectivity index (χ0n) is 25.2. The molecule has 0 saturated carbocycles. The maximum Gasteiger partial charge on any atom is 0.337 e. The van der Waals surface area contributed by atoms with E-state index in [1.54, 1.807) is 58.8 Å². The van der Waals surface area contributed by atoms with E-state index < -0.39 is 4.92 Å². The van der Waals surface area contributed by atoms with Crippen molar-refractivity contribution in [2.45, 2.75) is 0 Å². The van der Waals surface area contributed by atoms with Gasteiger partial charge in [0.1, 0.15) is 23.0 Å². The summed E-state index contributed by atoms with van der Waals surface area (Å²) < 4.78 is 27.6. The number of nitrogens with zero attached hydrogens (tertiary/aromatic N) is 1. The van der Waals surface area contributed by atoms with Crippen LogP contribution in [0.15, 0.2) is 81.7 Å². The largest absolute Gasteiger partial charge is 0.496 e. The Bertz CT molecular complexity index is 1680. The summed E-state index contributed by atoms with van der Waals surface area (Å²) in [5.41, 5.74) is 4.20. The van der Waals surface area contributed by atoms with Gasteiger partial charge in [0.15, 0.2) is 0 Å². The van der Waals surface area contributed by atoms with Gasteiger partial charge in [0.2, 0.25) is 0 Å². The predicted molar refractivity (Wildman–Crippen MR) is 183 cm³/mol. The third-order valence-corrected chi connectivity index (χ3v) is 7.59. The Kier molecular flexibility index (Phi) is 13.2. The van der Waals surface area contributed by atoms with Gasteiger partial charge in [-0.2, -0.15) is 0 Å². The number of ether oxygens (including phenoxy) is 5. The van der Waals surface area contributed by atoms with Crippen molar-refractivity contribution in [3.8, 4) is 23.0 Å². The molecule has 0 N–H and O–H groups in total. The molecule has 4 aromatic rings. The van der Waals surface area contributed by atoms with Gasteiger partial charge < -0.3 is 23.7 Å². The first-order chi connectivity index (χ1) is 21.6. The number of non-ortho nitro benzene ring substituents is 1. The molecule has 4 rings (SSSR count). The fraction of sp³-hybridized carbons (Fsp3) is 0.147. The van der Waals surface area contributed by atoms with Crippen LogP contribution in [0.3, 0.4) is 0 Å². The number of nitro benzene ring substituents is 1. The highest BCUT2D eigenvalue weighted by Gasteiger charge is 2.09. The zero-order valence-corrected chi connectivity index (χ0v) is 28.4. The van der Waals surface area contributed by atoms with Gasteiger partial charge in [-0.3, -0.25) is 10.1 Å². The molecule has 11 heteroatoms. The standard InChI is InChI=1S/C18H17BrO4.C16H14BrNO4/c1-21-16-11-17(22-2)15(19)10-14(16)9-6-12-4-7-13(8-5-12)18(20)23-3;1-21-15-10-16(22-2)14(17)9-12(15)6-3-11-4-7-13(8-5-11)18(19)20/h4-11H,1-3H3;3-10H,1-2H3. The lowest BCUT2D eigenvalue weighted by Gasteiger charge is -2.09. The van der Waals surface area contributed by atoms with Crippen LogP contribution in [-0.2, 0) is 4.74 Å². The molecular weight excluding hydrogens is 710 g/mol. The minimum atomic E-state index is -0.420. The van der Waals surface area contributed by atoms with Gasteiger partial charge in [0.25, 0.3) is 5.69 Å². The number of halogens is 2. The Morgan fingerprint density at radius 2 is 1.02 bits per heavy atom. The van der Waals surface area contributed by atoms with Crippen LogP contribution in [0.5, 0.6) is 23.0 Å². The number of esters is 1. The molecule has 0 saturated heterocycles. The van der Waals surface area contributed by atoms with Crippen molar-refractivity contribution in [3.05, 3.63) is 120 Å². The van der Waals surface area contributed by atoms with Gasteiger partial charge in [-0.15, -0.1) is 0 Å². The van der Waals surface area contributed by atoms with Crippen molar-refractivity contribution in [3.63, 3.8) is 0 Å². The van der Waals surface area contributed by atoms with Crippen molar-refractivity contribution in [1.82, 2.24) is 0 Å². The van der Waals surface area contributed by atoms with Crippen molar-refractivity contribution < 1.29 is 33.4 Å². The molecule has 234 valence electrons. The molecule has 0 aliphatic carbocycles. The Labute approximate surface area is 278 Å². The third kappa shape index (κ3) is 9.69. The highest BCUT2D eigenvalue weighted by molar-refractivity contribution is 9.10. The minimum absolute atomic E-state index is 0.0712. The smallest absolute Gasteiger partial charge is 0.337 e. The van der Waals surface area contributed by atoms with E-state index in [1.807, 2.05) is 54.6 Å². The average molecular weight is 741 g/mol. The molecule has 0 radical (unpaired) electrons. The van der Waals surface area contributed by atoms with Gasteiger partial charge in [-0.1, -0.05) is 36.4 Å². The second-order valence-electron chi connectivity index (χ2n) is 9.09. The van der Waals surface area contributed by atoms with E-state index in [0.29, 0.717) is 28.6 Å². The summed E-state index contributed by atoms with van der Waals surface area (Å²) in [6, 6.07) is 20.9. The van der Waals surface area contributed by atoms with E-state index in [1.165, 1.54) is 19.2 Å². The highest BCUT2D eigenvalue weighted by atomic mass is 79.9. The SMILES string of the molecule is COC(=O)c1ccc(C=Cc2cc(Br)c(OC)cc2OC)cc1.COc1cc(OC)c(C=Cc2ccc([N+](=O)[O-])cc2)cc1Br. The number of hydrogen-bond donors (Lipinski definition) is 0. The van der Waals surface area contributed by atoms with E-state index in [0.717, 1.165) is 31.2 Å². The maximum absolute atomic E-state index is 11.4. The summed E-state index contributed by atoms with van der Waals surface area (Å²) in [6.45, 7) is 0. The van der Waals surface area contributed by atoms with Crippen LogP contribution in [0, 0.1) is 10.1 Å². The summed E-state index contributed by atoms with van der Waals surface area (Å²) >= 11 is 6.90. The number of benzene rings is 4. The van der Waals surface area contributed by atoms with Crippen LogP contribution in [0.1, 0.15) is 32.6 Å². The van der Waals surface area contributed by atoms with Crippen molar-refractivity contribution in [2.24, 2.45) is 0 Å². The summed E-state index contributed by atoms with van der Waals surface area (Å²) in [5.74, 6) is 2.44. The number of rotatable bonds is 10. The van der Waals surface area contributed by atoms with Gasteiger partial charge in [0.05, 0.1) is 55.0 Å². The first kappa shape index (κ1) is 34.9. The molecule has 9 nitrogen and oxygen atoms in total. The number of hydrogen-bond acceptors (Lipinski definition) is 8. The van der Waals surface area contributed by atoms with Gasteiger partial charge in [-0.05, 0) is 79.4 Å². The molecule has 0 atom stereocenters. The monoisotopic (exact) mass is 739 g/mol. The molecule has 0 unspecified atom stereocenters. The molecule has 45 heavy (non-hydrogen) atoms. The molecular formula is C34H31Br2NO8. The van der Waals surface area contributed by atoms with E-state index in [2.05, 4.69) is 36.6 Å². The van der Waals surface area contributed by atoms with E-state index in [9.17, 15) is 14.9 Å². The summed E-state index contributed by atoms with van der Waals surface area (Å²) in [4.78, 5) is 21.6. The molecule has 0 fully saturated rings. The van der Waals surface area contributed by atoms with Gasteiger partial charge >= 0.3 is 5.97 Å². The van der Waals surface area contributed by atoms with Gasteiger partial charge in [0, 0.05) is 35.4 Å². The van der Waals surface area contributed by atoms with Crippen molar-refractivity contribution in [2.75, 3.05) is 35.5 Å². The number of carbonyl (C=O) groups excluding carboxylic acids is 1. The Morgan fingerprint density at radius 1 is 0.622 bits per heavy atom. The maximum atomic E-state index is 11.4. The van der Waals surface area contributed by atoms with Crippen molar-refractivity contribution >= 4 is 67.8 Å². The predicted octanol–water partition coefficient (Wildman–Crippen LogP) is 8.97. The molecule has 0 amide bonds. The summed E-state index contributed by atoms with van der Waals surface area (Å²) in [5, 5.41) is 10.6. The van der Waals surface area contributed by atoms with E-state index in [-0.39, 0.29) is 11.7 Å². The number of methoxy groups -OCH3 is 5.